The van der Waals surface area contributed by atoms with Crippen LogP contribution in [-0.4, -0.2) is 65.8 Å². The molecule has 4 aromatic rings. The van der Waals surface area contributed by atoms with Crippen molar-refractivity contribution in [1.82, 2.24) is 39.9 Å². The molecule has 0 fully saturated rings. The molecule has 16 nitrogen and oxygen atoms in total. The Labute approximate surface area is 164 Å². The summed E-state index contributed by atoms with van der Waals surface area (Å²) in [6, 6.07) is 0. The van der Waals surface area contributed by atoms with Crippen LogP contribution in [0.2, 0.25) is 0 Å². The number of nitrogens with zero attached hydrogens (tertiary/aromatic N) is 6. The summed E-state index contributed by atoms with van der Waals surface area (Å²) >= 11 is 0. The molecule has 0 saturated carbocycles. The highest BCUT2D eigenvalue weighted by Crippen LogP contribution is 2.03. The minimum absolute atomic E-state index is 0.0927. The number of aromatic nitrogens is 8. The van der Waals surface area contributed by atoms with Crippen LogP contribution in [0.1, 0.15) is 0 Å². The SMILES string of the molecule is O=c1[nH]c(S(=O)(=O)O)nc2nccnc12.O=c1[nH]c(S(=O)(=O)O)nc2nccnc12. The van der Waals surface area contributed by atoms with Crippen molar-refractivity contribution in [2.75, 3.05) is 0 Å². The first-order valence-corrected chi connectivity index (χ1v) is 10.2. The number of aromatic amines is 2. The summed E-state index contributed by atoms with van der Waals surface area (Å²) in [5.41, 5.74) is -2.03. The van der Waals surface area contributed by atoms with Crippen molar-refractivity contribution in [3.8, 4) is 0 Å². The zero-order valence-electron chi connectivity index (χ0n) is 14.2. The third kappa shape index (κ3) is 4.46. The molecule has 0 amide bonds. The molecule has 0 aliphatic carbocycles. The van der Waals surface area contributed by atoms with Crippen LogP contribution in [0.5, 0.6) is 0 Å². The summed E-state index contributed by atoms with van der Waals surface area (Å²) < 4.78 is 60.1. The minimum Gasteiger partial charge on any atom is -0.293 e. The number of rotatable bonds is 2. The van der Waals surface area contributed by atoms with Gasteiger partial charge in [-0.3, -0.25) is 28.7 Å². The molecule has 0 spiro atoms. The van der Waals surface area contributed by atoms with E-state index in [0.717, 1.165) is 0 Å². The maximum absolute atomic E-state index is 11.3. The van der Waals surface area contributed by atoms with Gasteiger partial charge in [-0.1, -0.05) is 0 Å². The molecule has 30 heavy (non-hydrogen) atoms. The number of hydrogen-bond donors (Lipinski definition) is 4. The molecule has 0 aliphatic rings. The van der Waals surface area contributed by atoms with E-state index in [0.29, 0.717) is 0 Å². The van der Waals surface area contributed by atoms with Crippen LogP contribution in [0.3, 0.4) is 0 Å². The van der Waals surface area contributed by atoms with Gasteiger partial charge in [-0.05, 0) is 0 Å². The molecule has 0 saturated heterocycles. The lowest BCUT2D eigenvalue weighted by Crippen LogP contribution is -2.16. The van der Waals surface area contributed by atoms with E-state index in [2.05, 4.69) is 29.9 Å². The molecule has 156 valence electrons. The summed E-state index contributed by atoms with van der Waals surface area (Å²) in [6.45, 7) is 0. The van der Waals surface area contributed by atoms with Gasteiger partial charge in [0.1, 0.15) is 0 Å². The second kappa shape index (κ2) is 7.59. The van der Waals surface area contributed by atoms with E-state index in [-0.39, 0.29) is 22.3 Å². The molecule has 4 aromatic heterocycles. The standard InChI is InChI=1S/2C6H4N4O4S/c2*11-5-3-4(8-2-1-7-3)9-6(10-5)15(12,13)14/h2*1-2H,(H,12,13,14)(H,8,9,10,11). The Bertz CT molecular complexity index is 1470. The third-order valence-electron chi connectivity index (χ3n) is 3.13. The summed E-state index contributed by atoms with van der Waals surface area (Å²) in [4.78, 5) is 47.8. The van der Waals surface area contributed by atoms with E-state index in [9.17, 15) is 26.4 Å². The van der Waals surface area contributed by atoms with E-state index in [1.807, 2.05) is 9.97 Å². The van der Waals surface area contributed by atoms with Crippen LogP contribution >= 0.6 is 0 Å². The number of H-pyrrole nitrogens is 2. The first kappa shape index (κ1) is 21.0. The Morgan fingerprint density at radius 1 is 0.633 bits per heavy atom. The van der Waals surface area contributed by atoms with Gasteiger partial charge in [-0.15, -0.1) is 0 Å². The van der Waals surface area contributed by atoms with Gasteiger partial charge in [-0.25, -0.2) is 19.9 Å². The summed E-state index contributed by atoms with van der Waals surface area (Å²) in [5, 5.41) is -1.69. The van der Waals surface area contributed by atoms with E-state index < -0.39 is 41.7 Å². The fourth-order valence-electron chi connectivity index (χ4n) is 1.95. The van der Waals surface area contributed by atoms with Crippen LogP contribution < -0.4 is 11.1 Å². The Kier molecular flexibility index (Phi) is 5.31. The van der Waals surface area contributed by atoms with Gasteiger partial charge in [0.25, 0.3) is 21.4 Å². The van der Waals surface area contributed by atoms with Crippen molar-refractivity contribution in [2.45, 2.75) is 10.3 Å². The molecule has 0 atom stereocenters. The average molecular weight is 456 g/mol. The zero-order chi connectivity index (χ0) is 22.1. The summed E-state index contributed by atoms with van der Waals surface area (Å²) in [5.74, 6) is 0. The normalized spacial score (nSPS) is 11.8. The molecular weight excluding hydrogens is 448 g/mol. The number of nitrogens with one attached hydrogen (secondary N) is 2. The van der Waals surface area contributed by atoms with Crippen molar-refractivity contribution in [2.24, 2.45) is 0 Å². The highest BCUT2D eigenvalue weighted by atomic mass is 32.2. The summed E-state index contributed by atoms with van der Waals surface area (Å²) in [6.07, 6.45) is 5.05. The lowest BCUT2D eigenvalue weighted by molar-refractivity contribution is 0.472. The second-order valence-corrected chi connectivity index (χ2v) is 7.82. The van der Waals surface area contributed by atoms with Crippen LogP contribution in [0.4, 0.5) is 0 Å². The fraction of sp³-hybridized carbons (Fsp3) is 0. The van der Waals surface area contributed by atoms with Crippen LogP contribution in [-0.2, 0) is 20.2 Å². The van der Waals surface area contributed by atoms with Gasteiger partial charge < -0.3 is 0 Å². The largest absolute Gasteiger partial charge is 0.328 e. The Morgan fingerprint density at radius 2 is 0.967 bits per heavy atom. The van der Waals surface area contributed by atoms with Gasteiger partial charge in [0, 0.05) is 24.8 Å². The molecule has 0 unspecified atom stereocenters. The van der Waals surface area contributed by atoms with Crippen LogP contribution in [0.25, 0.3) is 22.3 Å². The smallest absolute Gasteiger partial charge is 0.293 e. The van der Waals surface area contributed by atoms with Gasteiger partial charge in [0.05, 0.1) is 0 Å². The molecule has 0 aliphatic heterocycles. The van der Waals surface area contributed by atoms with Gasteiger partial charge >= 0.3 is 20.2 Å². The van der Waals surface area contributed by atoms with Crippen molar-refractivity contribution in [1.29, 1.82) is 0 Å². The zero-order valence-corrected chi connectivity index (χ0v) is 15.8. The molecule has 18 heteroatoms. The Hall–Kier alpha value is -3.74. The van der Waals surface area contributed by atoms with E-state index >= 15 is 0 Å². The Balaban J connectivity index is 0.000000171. The molecule has 4 heterocycles. The topological polar surface area (TPSA) is 252 Å². The quantitative estimate of drug-likeness (QED) is 0.186. The fourth-order valence-corrected chi connectivity index (χ4v) is 2.80. The van der Waals surface area contributed by atoms with Crippen molar-refractivity contribution in [3.05, 3.63) is 45.5 Å². The van der Waals surface area contributed by atoms with Crippen molar-refractivity contribution < 1.29 is 25.9 Å². The van der Waals surface area contributed by atoms with E-state index in [1.54, 1.807) is 0 Å². The van der Waals surface area contributed by atoms with E-state index in [4.69, 9.17) is 9.11 Å². The Morgan fingerprint density at radius 3 is 1.30 bits per heavy atom. The lowest BCUT2D eigenvalue weighted by Gasteiger charge is -1.97. The number of hydrogen-bond acceptors (Lipinski definition) is 12. The van der Waals surface area contributed by atoms with E-state index in [1.165, 1.54) is 24.8 Å². The third-order valence-corrected chi connectivity index (χ3v) is 4.50. The molecular formula is C12H8N8O8S2. The molecule has 4 rings (SSSR count). The molecule has 0 bridgehead atoms. The van der Waals surface area contributed by atoms with Gasteiger partial charge in [0.15, 0.2) is 22.3 Å². The van der Waals surface area contributed by atoms with Crippen molar-refractivity contribution >= 4 is 42.6 Å². The van der Waals surface area contributed by atoms with Crippen LogP contribution in [0, 0.1) is 0 Å². The molecule has 4 N–H and O–H groups in total. The maximum Gasteiger partial charge on any atom is 0.328 e. The number of fused-ring (bicyclic) bond motifs is 2. The average Bonchev–Trinajstić information content (AvgIpc) is 2.67. The second-order valence-electron chi connectivity index (χ2n) is 5.15. The predicted octanol–water partition coefficient (Wildman–Crippen LogP) is -2.08. The summed E-state index contributed by atoms with van der Waals surface area (Å²) in [7, 11) is -9.10. The van der Waals surface area contributed by atoms with Crippen molar-refractivity contribution in [3.63, 3.8) is 0 Å². The lowest BCUT2D eigenvalue weighted by atomic mass is 10.5. The first-order valence-electron chi connectivity index (χ1n) is 7.34. The van der Waals surface area contributed by atoms with Gasteiger partial charge in [0.2, 0.25) is 0 Å². The highest BCUT2D eigenvalue weighted by molar-refractivity contribution is 7.85. The molecule has 0 aromatic carbocycles. The minimum atomic E-state index is -4.55. The predicted molar refractivity (Wildman–Crippen MR) is 95.5 cm³/mol. The van der Waals surface area contributed by atoms with Crippen LogP contribution in [0.15, 0.2) is 44.7 Å². The first-order chi connectivity index (χ1) is 14.0. The highest BCUT2D eigenvalue weighted by Gasteiger charge is 2.16. The molecule has 0 radical (unpaired) electrons. The monoisotopic (exact) mass is 456 g/mol. The van der Waals surface area contributed by atoms with Gasteiger partial charge in [-0.2, -0.15) is 26.8 Å². The maximum atomic E-state index is 11.3.